The molecule has 0 saturated carbocycles. The number of amides is 2. The highest BCUT2D eigenvalue weighted by molar-refractivity contribution is 5.92. The van der Waals surface area contributed by atoms with Gasteiger partial charge in [-0.3, -0.25) is 24.3 Å². The van der Waals surface area contributed by atoms with Crippen LogP contribution in [0, 0.1) is 5.92 Å². The van der Waals surface area contributed by atoms with Crippen LogP contribution in [0.4, 0.5) is 0 Å². The SMILES string of the molecule is CCOC(=O)C1CCN(C(=O)CCN(CCN2CCOCC2)C(=O)c2cnccn2)CC1. The summed E-state index contributed by atoms with van der Waals surface area (Å²) in [4.78, 5) is 51.5. The summed E-state index contributed by atoms with van der Waals surface area (Å²) >= 11 is 0. The lowest BCUT2D eigenvalue weighted by Crippen LogP contribution is -2.45. The number of carbonyl (C=O) groups is 3. The van der Waals surface area contributed by atoms with Crippen LogP contribution in [0.25, 0.3) is 0 Å². The van der Waals surface area contributed by atoms with E-state index in [0.29, 0.717) is 65.4 Å². The molecule has 0 N–H and O–H groups in total. The molecular formula is C22H33N5O5. The summed E-state index contributed by atoms with van der Waals surface area (Å²) < 4.78 is 10.5. The Bertz CT molecular complexity index is 748. The zero-order chi connectivity index (χ0) is 22.8. The van der Waals surface area contributed by atoms with Gasteiger partial charge in [0.05, 0.1) is 31.9 Å². The molecule has 2 amide bonds. The maximum Gasteiger partial charge on any atom is 0.309 e. The molecule has 0 bridgehead atoms. The second-order valence-corrected chi connectivity index (χ2v) is 7.99. The number of carbonyl (C=O) groups excluding carboxylic acids is 3. The maximum atomic E-state index is 13.0. The molecule has 2 aliphatic rings. The second-order valence-electron chi connectivity index (χ2n) is 7.99. The van der Waals surface area contributed by atoms with Crippen molar-refractivity contribution in [3.05, 3.63) is 24.3 Å². The molecule has 32 heavy (non-hydrogen) atoms. The fourth-order valence-electron chi connectivity index (χ4n) is 3.99. The number of aromatic nitrogens is 2. The number of hydrogen-bond donors (Lipinski definition) is 0. The molecular weight excluding hydrogens is 414 g/mol. The van der Waals surface area contributed by atoms with Gasteiger partial charge in [-0.15, -0.1) is 0 Å². The standard InChI is InChI=1S/C22H33N5O5/c1-2-32-22(30)18-3-8-26(9-4-18)20(28)5-10-27(12-11-25-13-15-31-16-14-25)21(29)19-17-23-6-7-24-19/h6-7,17-18H,2-5,8-16H2,1H3. The summed E-state index contributed by atoms with van der Waals surface area (Å²) in [6, 6.07) is 0. The minimum Gasteiger partial charge on any atom is -0.466 e. The molecule has 1 aromatic rings. The van der Waals surface area contributed by atoms with E-state index in [4.69, 9.17) is 9.47 Å². The number of esters is 1. The predicted molar refractivity (Wildman–Crippen MR) is 116 cm³/mol. The molecule has 1 aromatic heterocycles. The quantitative estimate of drug-likeness (QED) is 0.502. The van der Waals surface area contributed by atoms with Gasteiger partial charge in [0.1, 0.15) is 5.69 Å². The molecule has 2 aliphatic heterocycles. The summed E-state index contributed by atoms with van der Waals surface area (Å²) in [5, 5.41) is 0. The van der Waals surface area contributed by atoms with Crippen molar-refractivity contribution in [1.29, 1.82) is 0 Å². The van der Waals surface area contributed by atoms with Crippen LogP contribution in [0.15, 0.2) is 18.6 Å². The third-order valence-electron chi connectivity index (χ3n) is 5.92. The minimum absolute atomic E-state index is 0.00405. The topological polar surface area (TPSA) is 105 Å². The Labute approximate surface area is 188 Å². The van der Waals surface area contributed by atoms with Gasteiger partial charge < -0.3 is 19.3 Å². The number of morpholine rings is 1. The van der Waals surface area contributed by atoms with Crippen molar-refractivity contribution in [2.75, 3.05) is 65.6 Å². The van der Waals surface area contributed by atoms with Crippen molar-refractivity contribution in [3.8, 4) is 0 Å². The van der Waals surface area contributed by atoms with Gasteiger partial charge in [-0.1, -0.05) is 0 Å². The monoisotopic (exact) mass is 447 g/mol. The van der Waals surface area contributed by atoms with Crippen LogP contribution >= 0.6 is 0 Å². The molecule has 0 aromatic carbocycles. The molecule has 0 spiro atoms. The molecule has 2 saturated heterocycles. The van der Waals surface area contributed by atoms with E-state index in [0.717, 1.165) is 13.1 Å². The summed E-state index contributed by atoms with van der Waals surface area (Å²) in [6.45, 7) is 7.84. The van der Waals surface area contributed by atoms with E-state index in [9.17, 15) is 14.4 Å². The lowest BCUT2D eigenvalue weighted by molar-refractivity contribution is -0.151. The first-order chi connectivity index (χ1) is 15.6. The Morgan fingerprint density at radius 2 is 1.88 bits per heavy atom. The van der Waals surface area contributed by atoms with Crippen LogP contribution in [0.2, 0.25) is 0 Å². The Hall–Kier alpha value is -2.59. The number of piperidine rings is 1. The largest absolute Gasteiger partial charge is 0.466 e. The van der Waals surface area contributed by atoms with Gasteiger partial charge >= 0.3 is 5.97 Å². The van der Waals surface area contributed by atoms with Crippen molar-refractivity contribution in [1.82, 2.24) is 24.7 Å². The van der Waals surface area contributed by atoms with Crippen LogP contribution in [-0.2, 0) is 19.1 Å². The first kappa shape index (κ1) is 24.1. The van der Waals surface area contributed by atoms with Gasteiger partial charge in [-0.25, -0.2) is 4.98 Å². The molecule has 10 nitrogen and oxygen atoms in total. The van der Waals surface area contributed by atoms with Crippen LogP contribution in [-0.4, -0.2) is 108 Å². The zero-order valence-electron chi connectivity index (χ0n) is 18.8. The number of rotatable bonds is 9. The number of nitrogens with zero attached hydrogens (tertiary/aromatic N) is 5. The maximum absolute atomic E-state index is 13.0. The average Bonchev–Trinajstić information content (AvgIpc) is 2.85. The Kier molecular flexibility index (Phi) is 9.36. The van der Waals surface area contributed by atoms with Gasteiger partial charge in [-0.05, 0) is 19.8 Å². The van der Waals surface area contributed by atoms with Crippen LogP contribution in [0.1, 0.15) is 36.7 Å². The average molecular weight is 448 g/mol. The summed E-state index contributed by atoms with van der Waals surface area (Å²) in [7, 11) is 0. The highest BCUT2D eigenvalue weighted by atomic mass is 16.5. The predicted octanol–water partition coefficient (Wildman–Crippen LogP) is 0.443. The normalized spacial score (nSPS) is 17.7. The molecule has 0 unspecified atom stereocenters. The van der Waals surface area contributed by atoms with Gasteiger partial charge in [-0.2, -0.15) is 0 Å². The van der Waals surface area contributed by atoms with Crippen LogP contribution in [0.3, 0.4) is 0 Å². The van der Waals surface area contributed by atoms with Gasteiger partial charge in [0.2, 0.25) is 5.91 Å². The van der Waals surface area contributed by atoms with E-state index >= 15 is 0 Å². The highest BCUT2D eigenvalue weighted by Crippen LogP contribution is 2.19. The lowest BCUT2D eigenvalue weighted by Gasteiger charge is -2.32. The third kappa shape index (κ3) is 6.96. The minimum atomic E-state index is -0.222. The molecule has 0 radical (unpaired) electrons. The fraction of sp³-hybridized carbons (Fsp3) is 0.682. The summed E-state index contributed by atoms with van der Waals surface area (Å²) in [5.41, 5.74) is 0.275. The van der Waals surface area contributed by atoms with E-state index < -0.39 is 0 Å². The van der Waals surface area contributed by atoms with Crippen molar-refractivity contribution >= 4 is 17.8 Å². The first-order valence-corrected chi connectivity index (χ1v) is 11.4. The van der Waals surface area contributed by atoms with E-state index in [-0.39, 0.29) is 35.8 Å². The summed E-state index contributed by atoms with van der Waals surface area (Å²) in [6.07, 6.45) is 5.93. The number of ether oxygens (including phenoxy) is 2. The number of hydrogen-bond acceptors (Lipinski definition) is 8. The van der Waals surface area contributed by atoms with E-state index in [1.807, 2.05) is 0 Å². The molecule has 3 heterocycles. The zero-order valence-corrected chi connectivity index (χ0v) is 18.8. The summed E-state index contributed by atoms with van der Waals surface area (Å²) in [5.74, 6) is -0.540. The molecule has 10 heteroatoms. The van der Waals surface area contributed by atoms with Gasteiger partial charge in [0.15, 0.2) is 0 Å². The second kappa shape index (κ2) is 12.4. The third-order valence-corrected chi connectivity index (χ3v) is 5.92. The molecule has 3 rings (SSSR count). The smallest absolute Gasteiger partial charge is 0.309 e. The van der Waals surface area contributed by atoms with E-state index in [1.54, 1.807) is 16.7 Å². The Balaban J connectivity index is 1.52. The van der Waals surface area contributed by atoms with Gasteiger partial charge in [0, 0.05) is 64.6 Å². The van der Waals surface area contributed by atoms with E-state index in [2.05, 4.69) is 14.9 Å². The van der Waals surface area contributed by atoms with E-state index in [1.165, 1.54) is 18.6 Å². The van der Waals surface area contributed by atoms with Crippen molar-refractivity contribution in [3.63, 3.8) is 0 Å². The Morgan fingerprint density at radius 3 is 2.53 bits per heavy atom. The molecule has 176 valence electrons. The van der Waals surface area contributed by atoms with Crippen molar-refractivity contribution < 1.29 is 23.9 Å². The molecule has 0 aliphatic carbocycles. The number of likely N-dealkylation sites (tertiary alicyclic amines) is 1. The van der Waals surface area contributed by atoms with Crippen molar-refractivity contribution in [2.45, 2.75) is 26.2 Å². The lowest BCUT2D eigenvalue weighted by atomic mass is 9.97. The van der Waals surface area contributed by atoms with Gasteiger partial charge in [0.25, 0.3) is 5.91 Å². The highest BCUT2D eigenvalue weighted by Gasteiger charge is 2.28. The van der Waals surface area contributed by atoms with Crippen molar-refractivity contribution in [2.24, 2.45) is 5.92 Å². The molecule has 0 atom stereocenters. The van der Waals surface area contributed by atoms with Crippen LogP contribution in [0.5, 0.6) is 0 Å². The van der Waals surface area contributed by atoms with Crippen LogP contribution < -0.4 is 0 Å². The Morgan fingerprint density at radius 1 is 1.12 bits per heavy atom. The first-order valence-electron chi connectivity index (χ1n) is 11.4. The fourth-order valence-corrected chi connectivity index (χ4v) is 3.99. The molecule has 2 fully saturated rings.